The third-order valence-electron chi connectivity index (χ3n) is 6.86. The van der Waals surface area contributed by atoms with Crippen molar-refractivity contribution in [2.24, 2.45) is 0 Å². The van der Waals surface area contributed by atoms with Gasteiger partial charge < -0.3 is 15.5 Å². The molecule has 0 spiro atoms. The third-order valence-corrected chi connectivity index (χ3v) is 7.75. The summed E-state index contributed by atoms with van der Waals surface area (Å²) >= 11 is 0.908. The minimum Gasteiger partial charge on any atom is -0.358 e. The fourth-order valence-corrected chi connectivity index (χ4v) is 5.17. The van der Waals surface area contributed by atoms with Crippen molar-refractivity contribution < 1.29 is 19.2 Å². The number of likely N-dealkylation sites (tertiary alicyclic amines) is 1. The highest BCUT2D eigenvalue weighted by atomic mass is 32.2. The second kappa shape index (κ2) is 12.9. The first-order valence-corrected chi connectivity index (χ1v) is 13.7. The van der Waals surface area contributed by atoms with Crippen LogP contribution in [0.3, 0.4) is 0 Å². The van der Waals surface area contributed by atoms with Crippen molar-refractivity contribution in [3.05, 3.63) is 65.2 Å². The average Bonchev–Trinajstić information content (AvgIpc) is 2.90. The van der Waals surface area contributed by atoms with Gasteiger partial charge in [0.25, 0.3) is 5.91 Å². The van der Waals surface area contributed by atoms with Crippen LogP contribution < -0.4 is 10.6 Å². The summed E-state index contributed by atoms with van der Waals surface area (Å²) in [6.07, 6.45) is 2.27. The number of thioether (sulfide) groups is 1. The SMILES string of the molecule is CNC(=O)C(CCC(=O)N1CCC(c2ccc(C(=O)Nc3cccc(C(C)(C)C)c3)cc2)CC1)SC=O. The number of hydrogen-bond acceptors (Lipinski definition) is 5. The molecule has 0 radical (unpaired) electrons. The highest BCUT2D eigenvalue weighted by Gasteiger charge is 2.26. The number of nitrogens with zero attached hydrogens (tertiary/aromatic N) is 1. The van der Waals surface area contributed by atoms with Gasteiger partial charge in [-0.25, -0.2) is 0 Å². The molecule has 198 valence electrons. The van der Waals surface area contributed by atoms with Crippen LogP contribution in [0.1, 0.15) is 73.9 Å². The van der Waals surface area contributed by atoms with Gasteiger partial charge in [0.15, 0.2) is 5.62 Å². The Kier molecular flexibility index (Phi) is 9.92. The Balaban J connectivity index is 1.51. The van der Waals surface area contributed by atoms with E-state index < -0.39 is 5.25 Å². The molecule has 0 bridgehead atoms. The van der Waals surface area contributed by atoms with Gasteiger partial charge in [-0.2, -0.15) is 0 Å². The van der Waals surface area contributed by atoms with Gasteiger partial charge in [-0.1, -0.05) is 56.8 Å². The van der Waals surface area contributed by atoms with Gasteiger partial charge in [0.1, 0.15) is 0 Å². The van der Waals surface area contributed by atoms with Gasteiger partial charge >= 0.3 is 0 Å². The predicted molar refractivity (Wildman–Crippen MR) is 150 cm³/mol. The van der Waals surface area contributed by atoms with Crippen LogP contribution in [0.4, 0.5) is 5.69 Å². The summed E-state index contributed by atoms with van der Waals surface area (Å²) in [5, 5.41) is 5.00. The minimum atomic E-state index is -0.540. The number of carbonyl (C=O) groups is 4. The fraction of sp³-hybridized carbons (Fsp3) is 0.448. The van der Waals surface area contributed by atoms with E-state index in [9.17, 15) is 19.2 Å². The monoisotopic (exact) mass is 523 g/mol. The van der Waals surface area contributed by atoms with Crippen LogP contribution in [0.15, 0.2) is 48.5 Å². The molecule has 0 saturated carbocycles. The zero-order chi connectivity index (χ0) is 27.0. The number of amides is 3. The topological polar surface area (TPSA) is 95.6 Å². The smallest absolute Gasteiger partial charge is 0.255 e. The highest BCUT2D eigenvalue weighted by Crippen LogP contribution is 2.29. The van der Waals surface area contributed by atoms with Gasteiger partial charge in [-0.3, -0.25) is 19.2 Å². The number of hydrogen-bond donors (Lipinski definition) is 2. The first-order valence-electron chi connectivity index (χ1n) is 12.7. The van der Waals surface area contributed by atoms with Crippen LogP contribution in [0.5, 0.6) is 0 Å². The Morgan fingerprint density at radius 1 is 1.08 bits per heavy atom. The molecule has 37 heavy (non-hydrogen) atoms. The molecule has 3 rings (SSSR count). The summed E-state index contributed by atoms with van der Waals surface area (Å²) in [4.78, 5) is 50.0. The van der Waals surface area contributed by atoms with Crippen LogP contribution in [-0.4, -0.2) is 53.6 Å². The quantitative estimate of drug-likeness (QED) is 0.462. The minimum absolute atomic E-state index is 0.00596. The standard InChI is InChI=1S/C29H37N3O4S/c1-29(2,3)23-6-5-7-24(18-23)31-27(35)22-10-8-20(9-11-22)21-14-16-32(17-15-21)26(34)13-12-25(37-19-33)28(36)30-4/h5-11,18-19,21,25H,12-17H2,1-4H3,(H,30,36)(H,31,35). The molecule has 0 aliphatic carbocycles. The van der Waals surface area contributed by atoms with Crippen LogP contribution in [-0.2, 0) is 19.8 Å². The molecule has 8 heteroatoms. The van der Waals surface area contributed by atoms with Crippen molar-refractivity contribution in [2.45, 2.75) is 63.0 Å². The third kappa shape index (κ3) is 7.92. The first kappa shape index (κ1) is 28.4. The molecule has 2 aromatic carbocycles. The van der Waals surface area contributed by atoms with Crippen LogP contribution in [0.2, 0.25) is 0 Å². The van der Waals surface area contributed by atoms with E-state index in [1.807, 2.05) is 47.4 Å². The van der Waals surface area contributed by atoms with Crippen LogP contribution in [0.25, 0.3) is 0 Å². The molecule has 1 heterocycles. The summed E-state index contributed by atoms with van der Waals surface area (Å²) in [6, 6.07) is 15.7. The van der Waals surface area contributed by atoms with Crippen molar-refractivity contribution in [3.8, 4) is 0 Å². The highest BCUT2D eigenvalue weighted by molar-refractivity contribution is 8.13. The summed E-state index contributed by atoms with van der Waals surface area (Å²) in [6.45, 7) is 7.74. The lowest BCUT2D eigenvalue weighted by Crippen LogP contribution is -2.38. The summed E-state index contributed by atoms with van der Waals surface area (Å²) in [5.41, 5.74) is 4.37. The molecule has 1 aliphatic rings. The number of anilines is 1. The van der Waals surface area contributed by atoms with Crippen molar-refractivity contribution in [1.82, 2.24) is 10.2 Å². The van der Waals surface area contributed by atoms with E-state index in [-0.39, 0.29) is 29.6 Å². The Hall–Kier alpha value is -3.13. The maximum Gasteiger partial charge on any atom is 0.255 e. The first-order chi connectivity index (χ1) is 17.6. The molecular formula is C29H37N3O4S. The zero-order valence-electron chi connectivity index (χ0n) is 22.1. The van der Waals surface area contributed by atoms with Gasteiger partial charge in [0, 0.05) is 37.8 Å². The van der Waals surface area contributed by atoms with Crippen molar-refractivity contribution >= 4 is 40.8 Å². The van der Waals surface area contributed by atoms with E-state index in [0.717, 1.165) is 35.9 Å². The number of carbonyl (C=O) groups excluding carboxylic acids is 4. The van der Waals surface area contributed by atoms with Crippen LogP contribution in [0, 0.1) is 0 Å². The molecule has 1 saturated heterocycles. The molecule has 2 N–H and O–H groups in total. The zero-order valence-corrected chi connectivity index (χ0v) is 22.9. The van der Waals surface area contributed by atoms with Gasteiger partial charge in [0.05, 0.1) is 5.25 Å². The van der Waals surface area contributed by atoms with E-state index >= 15 is 0 Å². The molecule has 1 unspecified atom stereocenters. The van der Waals surface area contributed by atoms with Gasteiger partial charge in [-0.05, 0) is 66.0 Å². The maximum atomic E-state index is 12.8. The molecule has 1 aliphatic heterocycles. The largest absolute Gasteiger partial charge is 0.358 e. The molecule has 2 aromatic rings. The number of piperidine rings is 1. The Morgan fingerprint density at radius 2 is 1.76 bits per heavy atom. The van der Waals surface area contributed by atoms with E-state index in [4.69, 9.17) is 0 Å². The van der Waals surface area contributed by atoms with Gasteiger partial charge in [-0.15, -0.1) is 0 Å². The van der Waals surface area contributed by atoms with E-state index in [1.165, 1.54) is 12.6 Å². The molecule has 3 amide bonds. The second-order valence-corrected chi connectivity index (χ2v) is 11.5. The van der Waals surface area contributed by atoms with Crippen molar-refractivity contribution in [1.29, 1.82) is 0 Å². The molecule has 7 nitrogen and oxygen atoms in total. The summed E-state index contributed by atoms with van der Waals surface area (Å²) in [5.74, 6) is -0.0322. The fourth-order valence-electron chi connectivity index (χ4n) is 4.54. The lowest BCUT2D eigenvalue weighted by atomic mass is 9.87. The van der Waals surface area contributed by atoms with Gasteiger partial charge in [0.2, 0.25) is 11.8 Å². The normalized spacial score (nSPS) is 15.1. The molecular weight excluding hydrogens is 486 g/mol. The lowest BCUT2D eigenvalue weighted by Gasteiger charge is -2.32. The maximum absolute atomic E-state index is 12.8. The second-order valence-electron chi connectivity index (χ2n) is 10.4. The van der Waals surface area contributed by atoms with Crippen molar-refractivity contribution in [2.75, 3.05) is 25.5 Å². The van der Waals surface area contributed by atoms with E-state index in [2.05, 4.69) is 37.5 Å². The number of nitrogens with one attached hydrogen (secondary N) is 2. The Labute approximate surface area is 223 Å². The van der Waals surface area contributed by atoms with Crippen molar-refractivity contribution in [3.63, 3.8) is 0 Å². The molecule has 0 aromatic heterocycles. The summed E-state index contributed by atoms with van der Waals surface area (Å²) < 4.78 is 0. The average molecular weight is 524 g/mol. The predicted octanol–water partition coefficient (Wildman–Crippen LogP) is 4.76. The molecule has 1 fully saturated rings. The van der Waals surface area contributed by atoms with Crippen LogP contribution >= 0.6 is 11.8 Å². The van der Waals surface area contributed by atoms with E-state index in [1.54, 1.807) is 0 Å². The lowest BCUT2D eigenvalue weighted by molar-refractivity contribution is -0.132. The Bertz CT molecular complexity index is 1100. The number of benzene rings is 2. The number of rotatable bonds is 9. The summed E-state index contributed by atoms with van der Waals surface area (Å²) in [7, 11) is 1.53. The molecule has 1 atom stereocenters. The van der Waals surface area contributed by atoms with E-state index in [0.29, 0.717) is 36.6 Å². The Morgan fingerprint density at radius 3 is 2.35 bits per heavy atom.